The predicted octanol–water partition coefficient (Wildman–Crippen LogP) is 0.339. The SMILES string of the molecule is CCCc1c(CO)[nH]c2c(C#N)cnn2c1=O. The highest BCUT2D eigenvalue weighted by Crippen LogP contribution is 2.10. The highest BCUT2D eigenvalue weighted by atomic mass is 16.3. The Kier molecular flexibility index (Phi) is 2.93. The van der Waals surface area contributed by atoms with Gasteiger partial charge in [-0.1, -0.05) is 13.3 Å². The number of H-pyrrole nitrogens is 1. The monoisotopic (exact) mass is 232 g/mol. The van der Waals surface area contributed by atoms with Crippen molar-refractivity contribution in [2.75, 3.05) is 0 Å². The summed E-state index contributed by atoms with van der Waals surface area (Å²) >= 11 is 0. The topological polar surface area (TPSA) is 94.2 Å². The number of fused-ring (bicyclic) bond motifs is 1. The lowest BCUT2D eigenvalue weighted by atomic mass is 10.1. The van der Waals surface area contributed by atoms with Crippen molar-refractivity contribution in [2.24, 2.45) is 0 Å². The van der Waals surface area contributed by atoms with E-state index in [9.17, 15) is 9.90 Å². The van der Waals surface area contributed by atoms with Crippen molar-refractivity contribution in [3.63, 3.8) is 0 Å². The summed E-state index contributed by atoms with van der Waals surface area (Å²) in [5.41, 5.74) is 1.34. The van der Waals surface area contributed by atoms with Crippen LogP contribution in [0.5, 0.6) is 0 Å². The molecule has 0 unspecified atom stereocenters. The number of nitrogens with zero attached hydrogens (tertiary/aromatic N) is 3. The summed E-state index contributed by atoms with van der Waals surface area (Å²) in [5, 5.41) is 22.0. The van der Waals surface area contributed by atoms with Crippen LogP contribution in [0.4, 0.5) is 0 Å². The van der Waals surface area contributed by atoms with E-state index in [0.717, 1.165) is 6.42 Å². The fraction of sp³-hybridized carbons (Fsp3) is 0.364. The normalized spacial score (nSPS) is 10.6. The number of nitrogens with one attached hydrogen (secondary N) is 1. The molecule has 0 aliphatic rings. The standard InChI is InChI=1S/C11H12N4O2/c1-2-3-8-9(6-16)14-10-7(4-12)5-13-15(10)11(8)17/h5,14,16H,2-3,6H2,1H3. The molecule has 0 fully saturated rings. The Labute approximate surface area is 97.1 Å². The van der Waals surface area contributed by atoms with Crippen molar-refractivity contribution < 1.29 is 5.11 Å². The van der Waals surface area contributed by atoms with E-state index in [1.165, 1.54) is 10.7 Å². The summed E-state index contributed by atoms with van der Waals surface area (Å²) in [6.45, 7) is 1.70. The molecular weight excluding hydrogens is 220 g/mol. The smallest absolute Gasteiger partial charge is 0.277 e. The molecule has 2 heterocycles. The molecule has 2 aromatic rings. The van der Waals surface area contributed by atoms with E-state index in [1.54, 1.807) is 0 Å². The van der Waals surface area contributed by atoms with E-state index in [0.29, 0.717) is 28.9 Å². The second-order valence-corrected chi connectivity index (χ2v) is 3.73. The Bertz CT molecular complexity index is 648. The summed E-state index contributed by atoms with van der Waals surface area (Å²) in [4.78, 5) is 15.0. The first-order chi connectivity index (χ1) is 8.22. The van der Waals surface area contributed by atoms with Crippen LogP contribution in [0, 0.1) is 11.3 Å². The fourth-order valence-electron chi connectivity index (χ4n) is 1.82. The van der Waals surface area contributed by atoms with Crippen LogP contribution >= 0.6 is 0 Å². The van der Waals surface area contributed by atoms with Gasteiger partial charge in [0.2, 0.25) is 0 Å². The molecule has 2 N–H and O–H groups in total. The van der Waals surface area contributed by atoms with Crippen LogP contribution in [0.3, 0.4) is 0 Å². The molecule has 0 spiro atoms. The zero-order valence-corrected chi connectivity index (χ0v) is 9.40. The third-order valence-corrected chi connectivity index (χ3v) is 2.63. The average molecular weight is 232 g/mol. The minimum Gasteiger partial charge on any atom is -0.390 e. The van der Waals surface area contributed by atoms with E-state index in [-0.39, 0.29) is 12.2 Å². The van der Waals surface area contributed by atoms with Gasteiger partial charge in [0.1, 0.15) is 11.6 Å². The molecule has 0 saturated carbocycles. The first kappa shape index (κ1) is 11.4. The zero-order valence-electron chi connectivity index (χ0n) is 9.40. The summed E-state index contributed by atoms with van der Waals surface area (Å²) in [7, 11) is 0. The van der Waals surface area contributed by atoms with Gasteiger partial charge in [0.25, 0.3) is 5.56 Å². The third-order valence-electron chi connectivity index (χ3n) is 2.63. The number of rotatable bonds is 3. The summed E-state index contributed by atoms with van der Waals surface area (Å²) in [5.74, 6) is 0. The molecule has 0 aromatic carbocycles. The molecule has 0 amide bonds. The van der Waals surface area contributed by atoms with Crippen LogP contribution < -0.4 is 5.56 Å². The predicted molar refractivity (Wildman–Crippen MR) is 60.4 cm³/mol. The van der Waals surface area contributed by atoms with Crippen LogP contribution in [0.25, 0.3) is 5.65 Å². The van der Waals surface area contributed by atoms with Gasteiger partial charge < -0.3 is 10.1 Å². The van der Waals surface area contributed by atoms with E-state index in [4.69, 9.17) is 5.26 Å². The number of aliphatic hydroxyl groups is 1. The number of aliphatic hydroxyl groups excluding tert-OH is 1. The molecule has 0 aliphatic heterocycles. The van der Waals surface area contributed by atoms with E-state index < -0.39 is 0 Å². The van der Waals surface area contributed by atoms with Gasteiger partial charge >= 0.3 is 0 Å². The molecule has 0 aliphatic carbocycles. The van der Waals surface area contributed by atoms with E-state index in [2.05, 4.69) is 10.1 Å². The van der Waals surface area contributed by atoms with Crippen LogP contribution in [0.2, 0.25) is 0 Å². The molecule has 0 radical (unpaired) electrons. The molecule has 88 valence electrons. The summed E-state index contributed by atoms with van der Waals surface area (Å²) in [6, 6.07) is 1.94. The lowest BCUT2D eigenvalue weighted by Crippen LogP contribution is -2.23. The maximum atomic E-state index is 12.1. The van der Waals surface area contributed by atoms with Crippen molar-refractivity contribution in [3.8, 4) is 6.07 Å². The third kappa shape index (κ3) is 1.70. The average Bonchev–Trinajstić information content (AvgIpc) is 2.75. The maximum absolute atomic E-state index is 12.1. The van der Waals surface area contributed by atoms with Gasteiger partial charge in [0.05, 0.1) is 18.5 Å². The van der Waals surface area contributed by atoms with Crippen molar-refractivity contribution in [3.05, 3.63) is 33.4 Å². The van der Waals surface area contributed by atoms with Crippen LogP contribution in [0.15, 0.2) is 11.0 Å². The molecule has 0 saturated heterocycles. The minimum atomic E-state index is -0.272. The van der Waals surface area contributed by atoms with Crippen molar-refractivity contribution >= 4 is 5.65 Å². The minimum absolute atomic E-state index is 0.253. The number of aromatic amines is 1. The first-order valence-corrected chi connectivity index (χ1v) is 5.35. The van der Waals surface area contributed by atoms with Crippen LogP contribution in [-0.4, -0.2) is 19.7 Å². The second kappa shape index (κ2) is 4.39. The molecule has 6 nitrogen and oxygen atoms in total. The van der Waals surface area contributed by atoms with Crippen molar-refractivity contribution in [2.45, 2.75) is 26.4 Å². The Morgan fingerprint density at radius 3 is 3.00 bits per heavy atom. The second-order valence-electron chi connectivity index (χ2n) is 3.73. The Morgan fingerprint density at radius 1 is 1.65 bits per heavy atom. The molecule has 0 atom stereocenters. The van der Waals surface area contributed by atoms with Gasteiger partial charge in [-0.25, -0.2) is 0 Å². The Morgan fingerprint density at radius 2 is 2.41 bits per heavy atom. The molecule has 17 heavy (non-hydrogen) atoms. The van der Waals surface area contributed by atoms with Gasteiger partial charge in [0, 0.05) is 5.56 Å². The highest BCUT2D eigenvalue weighted by Gasteiger charge is 2.14. The Hall–Kier alpha value is -2.13. The number of hydrogen-bond acceptors (Lipinski definition) is 4. The quantitative estimate of drug-likeness (QED) is 0.797. The Balaban J connectivity index is 2.81. The summed E-state index contributed by atoms with van der Waals surface area (Å²) in [6.07, 6.45) is 2.71. The van der Waals surface area contributed by atoms with Gasteiger partial charge in [-0.05, 0) is 6.42 Å². The van der Waals surface area contributed by atoms with Gasteiger partial charge in [-0.15, -0.1) is 0 Å². The first-order valence-electron chi connectivity index (χ1n) is 5.35. The maximum Gasteiger partial charge on any atom is 0.277 e. The van der Waals surface area contributed by atoms with Gasteiger partial charge in [-0.2, -0.15) is 14.9 Å². The zero-order chi connectivity index (χ0) is 12.4. The summed E-state index contributed by atoms with van der Waals surface area (Å²) < 4.78 is 1.17. The lowest BCUT2D eigenvalue weighted by molar-refractivity contribution is 0.275. The van der Waals surface area contributed by atoms with Gasteiger partial charge in [0.15, 0.2) is 5.65 Å². The highest BCUT2D eigenvalue weighted by molar-refractivity contribution is 5.54. The number of hydrogen-bond donors (Lipinski definition) is 2. The van der Waals surface area contributed by atoms with Gasteiger partial charge in [-0.3, -0.25) is 4.79 Å². The van der Waals surface area contributed by atoms with E-state index in [1.807, 2.05) is 13.0 Å². The fourth-order valence-corrected chi connectivity index (χ4v) is 1.82. The molecule has 0 bridgehead atoms. The number of aromatic nitrogens is 3. The van der Waals surface area contributed by atoms with Crippen molar-refractivity contribution in [1.29, 1.82) is 5.26 Å². The molecule has 6 heteroatoms. The largest absolute Gasteiger partial charge is 0.390 e. The van der Waals surface area contributed by atoms with Crippen LogP contribution in [0.1, 0.15) is 30.2 Å². The molecule has 2 aromatic heterocycles. The van der Waals surface area contributed by atoms with E-state index >= 15 is 0 Å². The molecular formula is C11H12N4O2. The lowest BCUT2D eigenvalue weighted by Gasteiger charge is -2.06. The van der Waals surface area contributed by atoms with Crippen LogP contribution in [-0.2, 0) is 13.0 Å². The van der Waals surface area contributed by atoms with Crippen molar-refractivity contribution in [1.82, 2.24) is 14.6 Å². The molecule has 2 rings (SSSR count). The number of nitriles is 1.